The van der Waals surface area contributed by atoms with E-state index in [0.717, 1.165) is 0 Å². The average Bonchev–Trinajstić information content (AvgIpc) is 2.39. The number of hydrogen-bond donors (Lipinski definition) is 10. The Bertz CT molecular complexity index is 604. The van der Waals surface area contributed by atoms with Crippen molar-refractivity contribution in [3.8, 4) is 0 Å². The summed E-state index contributed by atoms with van der Waals surface area (Å²) in [4.78, 5) is 70.9. The molecule has 0 amide bonds. The van der Waals surface area contributed by atoms with Gasteiger partial charge in [0, 0.05) is 0 Å². The highest BCUT2D eigenvalue weighted by Crippen LogP contribution is 2.51. The van der Waals surface area contributed by atoms with E-state index in [0.29, 0.717) is 0 Å². The molecule has 0 aromatic carbocycles. The smallest absolute Gasteiger partial charge is 0.387 e. The highest BCUT2D eigenvalue weighted by molar-refractivity contribution is 7.47. The number of phosphoric ester groups is 4. The number of phosphoric acid groups is 4. The zero-order valence-corrected chi connectivity index (χ0v) is 16.6. The lowest BCUT2D eigenvalue weighted by atomic mass is 9.85. The molecule has 1 fully saturated rings. The molecular weight excluding hydrogens is 484 g/mol. The maximum atomic E-state index is 11.0. The summed E-state index contributed by atoms with van der Waals surface area (Å²) in [6, 6.07) is 0. The lowest BCUT2D eigenvalue weighted by Crippen LogP contribution is -2.65. The molecule has 22 heteroatoms. The highest BCUT2D eigenvalue weighted by Gasteiger charge is 2.58. The summed E-state index contributed by atoms with van der Waals surface area (Å²) >= 11 is 0. The molecule has 28 heavy (non-hydrogen) atoms. The van der Waals surface area contributed by atoms with Gasteiger partial charge >= 0.3 is 31.3 Å². The fourth-order valence-electron chi connectivity index (χ4n) is 2.27. The van der Waals surface area contributed by atoms with E-state index in [-0.39, 0.29) is 0 Å². The molecule has 0 heterocycles. The van der Waals surface area contributed by atoms with Gasteiger partial charge in [-0.1, -0.05) is 0 Å². The standard InChI is InChI=1S/C6H16O18P4/c7-1-3(21-25(9,10)11)5(23-27(15,16)17)2(8)6(24-28(18,19)20)4(1)22-26(12,13)14/h1-8H,(H2,9,10,11)(H2,12,13,14)(H2,15,16,17)(H2,18,19,20)/t1?,2?,3-,4+,5+,6-. The highest BCUT2D eigenvalue weighted by atomic mass is 31.2. The molecule has 0 radical (unpaired) electrons. The Kier molecular flexibility index (Phi) is 8.34. The Labute approximate surface area is 154 Å². The van der Waals surface area contributed by atoms with Crippen LogP contribution in [0.2, 0.25) is 0 Å². The van der Waals surface area contributed by atoms with E-state index in [1.807, 2.05) is 0 Å². The maximum absolute atomic E-state index is 11.0. The lowest BCUT2D eigenvalue weighted by Gasteiger charge is -2.45. The summed E-state index contributed by atoms with van der Waals surface area (Å²) in [6.45, 7) is 0. The van der Waals surface area contributed by atoms with Crippen LogP contribution < -0.4 is 0 Å². The normalized spacial score (nSPS) is 33.1. The van der Waals surface area contributed by atoms with Crippen LogP contribution in [0.25, 0.3) is 0 Å². The molecule has 168 valence electrons. The molecule has 0 saturated heterocycles. The number of hydrogen-bond acceptors (Lipinski definition) is 10. The van der Waals surface area contributed by atoms with Gasteiger partial charge in [-0.25, -0.2) is 18.3 Å². The Morgan fingerprint density at radius 3 is 0.679 bits per heavy atom. The Hall–Kier alpha value is 0.360. The summed E-state index contributed by atoms with van der Waals surface area (Å²) in [7, 11) is -22.3. The van der Waals surface area contributed by atoms with Crippen molar-refractivity contribution in [1.82, 2.24) is 0 Å². The van der Waals surface area contributed by atoms with Crippen molar-refractivity contribution >= 4 is 31.3 Å². The average molecular weight is 500 g/mol. The monoisotopic (exact) mass is 500 g/mol. The van der Waals surface area contributed by atoms with Crippen LogP contribution in [0.1, 0.15) is 0 Å². The van der Waals surface area contributed by atoms with Crippen LogP contribution in [-0.4, -0.2) is 86.0 Å². The molecule has 10 N–H and O–H groups in total. The second-order valence-corrected chi connectivity index (χ2v) is 9.99. The molecule has 0 aromatic heterocycles. The van der Waals surface area contributed by atoms with Gasteiger partial charge < -0.3 is 49.4 Å². The number of aliphatic hydroxyl groups is 2. The van der Waals surface area contributed by atoms with Crippen molar-refractivity contribution in [2.24, 2.45) is 0 Å². The topological polar surface area (TPSA) is 308 Å². The lowest BCUT2D eigenvalue weighted by molar-refractivity contribution is -0.208. The first-order valence-corrected chi connectivity index (χ1v) is 12.6. The third-order valence-electron chi connectivity index (χ3n) is 3.03. The van der Waals surface area contributed by atoms with Gasteiger partial charge in [-0.15, -0.1) is 0 Å². The molecule has 6 atom stereocenters. The van der Waals surface area contributed by atoms with Crippen LogP contribution in [-0.2, 0) is 36.4 Å². The van der Waals surface area contributed by atoms with Crippen molar-refractivity contribution in [2.45, 2.75) is 36.6 Å². The second-order valence-electron chi connectivity index (χ2n) is 5.22. The van der Waals surface area contributed by atoms with Gasteiger partial charge in [-0.2, -0.15) is 0 Å². The van der Waals surface area contributed by atoms with Crippen LogP contribution in [0.3, 0.4) is 0 Å². The molecule has 1 rings (SSSR count). The first-order chi connectivity index (χ1) is 12.2. The molecule has 1 aliphatic carbocycles. The summed E-state index contributed by atoms with van der Waals surface area (Å²) in [5.41, 5.74) is 0. The van der Waals surface area contributed by atoms with Gasteiger partial charge in [-0.05, 0) is 0 Å². The van der Waals surface area contributed by atoms with E-state index in [9.17, 15) is 28.5 Å². The Morgan fingerprint density at radius 2 is 0.571 bits per heavy atom. The predicted octanol–water partition coefficient (Wildman–Crippen LogP) is -3.37. The molecule has 1 saturated carbocycles. The van der Waals surface area contributed by atoms with Gasteiger partial charge in [0.05, 0.1) is 0 Å². The minimum absolute atomic E-state index is 2.61. The number of rotatable bonds is 8. The molecular formula is C6H16O18P4. The Morgan fingerprint density at radius 1 is 0.429 bits per heavy atom. The first-order valence-electron chi connectivity index (χ1n) is 6.52. The maximum Gasteiger partial charge on any atom is 0.470 e. The third kappa shape index (κ3) is 8.62. The second kappa shape index (κ2) is 8.85. The van der Waals surface area contributed by atoms with E-state index in [1.165, 1.54) is 0 Å². The zero-order valence-electron chi connectivity index (χ0n) is 13.0. The van der Waals surface area contributed by atoms with Gasteiger partial charge in [0.1, 0.15) is 36.6 Å². The van der Waals surface area contributed by atoms with E-state index >= 15 is 0 Å². The molecule has 0 spiro atoms. The first kappa shape index (κ1) is 26.4. The van der Waals surface area contributed by atoms with Crippen LogP contribution in [0.4, 0.5) is 0 Å². The SMILES string of the molecule is O=P(O)(O)O[C@@H]1C(O)[C@H](OP(=O)(O)O)[C@H](OP(=O)(O)O)C(O)[C@@H]1OP(=O)(O)O. The van der Waals surface area contributed by atoms with E-state index in [4.69, 9.17) is 39.1 Å². The van der Waals surface area contributed by atoms with E-state index < -0.39 is 67.9 Å². The zero-order chi connectivity index (χ0) is 22.3. The molecule has 0 aliphatic heterocycles. The fourth-order valence-corrected chi connectivity index (χ4v) is 4.52. The van der Waals surface area contributed by atoms with Crippen molar-refractivity contribution in [2.75, 3.05) is 0 Å². The van der Waals surface area contributed by atoms with Crippen LogP contribution in [0, 0.1) is 0 Å². The van der Waals surface area contributed by atoms with Gasteiger partial charge in [-0.3, -0.25) is 18.1 Å². The molecule has 2 unspecified atom stereocenters. The quantitative estimate of drug-likeness (QED) is 0.145. The van der Waals surface area contributed by atoms with Gasteiger partial charge in [0.25, 0.3) is 0 Å². The minimum Gasteiger partial charge on any atom is -0.387 e. The van der Waals surface area contributed by atoms with Crippen LogP contribution in [0.15, 0.2) is 0 Å². The van der Waals surface area contributed by atoms with Crippen molar-refractivity contribution in [1.29, 1.82) is 0 Å². The number of aliphatic hydroxyl groups excluding tert-OH is 2. The van der Waals surface area contributed by atoms with Crippen molar-refractivity contribution < 1.29 is 85.7 Å². The van der Waals surface area contributed by atoms with Crippen LogP contribution >= 0.6 is 31.3 Å². The molecule has 18 nitrogen and oxygen atoms in total. The van der Waals surface area contributed by atoms with E-state index in [1.54, 1.807) is 0 Å². The summed E-state index contributed by atoms with van der Waals surface area (Å²) < 4.78 is 60.4. The van der Waals surface area contributed by atoms with Gasteiger partial charge in [0.15, 0.2) is 0 Å². The summed E-state index contributed by atoms with van der Waals surface area (Å²) in [6.07, 6.45) is -15.9. The van der Waals surface area contributed by atoms with Crippen molar-refractivity contribution in [3.63, 3.8) is 0 Å². The largest absolute Gasteiger partial charge is 0.470 e. The molecule has 0 aromatic rings. The Balaban J connectivity index is 3.47. The predicted molar refractivity (Wildman–Crippen MR) is 79.7 cm³/mol. The molecule has 1 aliphatic rings. The fraction of sp³-hybridized carbons (Fsp3) is 1.00. The molecule has 0 bridgehead atoms. The van der Waals surface area contributed by atoms with Crippen molar-refractivity contribution in [3.05, 3.63) is 0 Å². The minimum atomic E-state index is -5.59. The van der Waals surface area contributed by atoms with Crippen LogP contribution in [0.5, 0.6) is 0 Å². The third-order valence-corrected chi connectivity index (χ3v) is 5.10. The van der Waals surface area contributed by atoms with Gasteiger partial charge in [0.2, 0.25) is 0 Å². The van der Waals surface area contributed by atoms with E-state index in [2.05, 4.69) is 18.1 Å². The summed E-state index contributed by atoms with van der Waals surface area (Å²) in [5.74, 6) is 0. The summed E-state index contributed by atoms with van der Waals surface area (Å²) in [5, 5.41) is 20.2.